The number of hydrogen-bond donors (Lipinski definition) is 2. The van der Waals surface area contributed by atoms with E-state index in [0.29, 0.717) is 11.3 Å². The average molecular weight is 481 g/mol. The molecule has 1 aliphatic carbocycles. The number of carbonyl (C=O) groups is 2. The van der Waals surface area contributed by atoms with Crippen LogP contribution in [0.5, 0.6) is 0 Å². The molecule has 0 unspecified atom stereocenters. The lowest BCUT2D eigenvalue weighted by Gasteiger charge is -2.33. The van der Waals surface area contributed by atoms with Crippen molar-refractivity contribution in [2.24, 2.45) is 0 Å². The highest BCUT2D eigenvalue weighted by molar-refractivity contribution is 6.03. The van der Waals surface area contributed by atoms with Gasteiger partial charge in [0.2, 0.25) is 11.8 Å². The van der Waals surface area contributed by atoms with Crippen molar-refractivity contribution in [2.45, 2.75) is 57.5 Å². The number of fused-ring (bicyclic) bond motifs is 1. The number of benzene rings is 2. The number of rotatable bonds is 7. The molecule has 1 aliphatic rings. The molecule has 2 aromatic carbocycles. The fraction of sp³-hybridized carbons (Fsp3) is 0.300. The molecule has 2 amide bonds. The third-order valence-corrected chi connectivity index (χ3v) is 7.06. The van der Waals surface area contributed by atoms with Crippen LogP contribution in [0, 0.1) is 6.92 Å². The van der Waals surface area contributed by atoms with Crippen LogP contribution in [0.1, 0.15) is 54.8 Å². The van der Waals surface area contributed by atoms with Crippen LogP contribution in [-0.4, -0.2) is 27.8 Å². The zero-order valence-electron chi connectivity index (χ0n) is 20.6. The Bertz CT molecular complexity index is 1320. The van der Waals surface area contributed by atoms with Crippen molar-refractivity contribution in [3.05, 3.63) is 95.9 Å². The van der Waals surface area contributed by atoms with E-state index in [1.54, 1.807) is 17.3 Å². The number of nitrogens with one attached hydrogen (secondary N) is 2. The summed E-state index contributed by atoms with van der Waals surface area (Å²) in [6.45, 7) is 2.01. The Labute approximate surface area is 211 Å². The highest BCUT2D eigenvalue weighted by Crippen LogP contribution is 2.30. The van der Waals surface area contributed by atoms with Crippen LogP contribution in [0.3, 0.4) is 0 Å². The van der Waals surface area contributed by atoms with Gasteiger partial charge >= 0.3 is 0 Å². The van der Waals surface area contributed by atoms with Crippen LogP contribution in [0.4, 0.5) is 5.69 Å². The van der Waals surface area contributed by atoms with Crippen molar-refractivity contribution < 1.29 is 9.59 Å². The van der Waals surface area contributed by atoms with Crippen molar-refractivity contribution in [1.29, 1.82) is 0 Å². The van der Waals surface area contributed by atoms with Crippen LogP contribution in [0.25, 0.3) is 10.9 Å². The zero-order chi connectivity index (χ0) is 24.9. The first-order chi connectivity index (χ1) is 17.6. The summed E-state index contributed by atoms with van der Waals surface area (Å²) >= 11 is 0. The van der Waals surface area contributed by atoms with Crippen LogP contribution < -0.4 is 10.2 Å². The second kappa shape index (κ2) is 10.8. The van der Waals surface area contributed by atoms with Crippen LogP contribution in [-0.2, 0) is 16.0 Å². The van der Waals surface area contributed by atoms with Gasteiger partial charge in [-0.2, -0.15) is 0 Å². The van der Waals surface area contributed by atoms with Gasteiger partial charge < -0.3 is 10.3 Å². The molecule has 2 heterocycles. The van der Waals surface area contributed by atoms with Gasteiger partial charge in [-0.05, 0) is 49.6 Å². The molecule has 2 N–H and O–H groups in total. The van der Waals surface area contributed by atoms with Crippen LogP contribution >= 0.6 is 0 Å². The first-order valence-electron chi connectivity index (χ1n) is 12.7. The number of anilines is 1. The highest BCUT2D eigenvalue weighted by atomic mass is 16.2. The molecule has 4 aromatic rings. The molecule has 5 rings (SSSR count). The van der Waals surface area contributed by atoms with Crippen LogP contribution in [0.2, 0.25) is 0 Å². The monoisotopic (exact) mass is 480 g/mol. The van der Waals surface area contributed by atoms with E-state index in [9.17, 15) is 9.59 Å². The predicted octanol–water partition coefficient (Wildman–Crippen LogP) is 5.64. The van der Waals surface area contributed by atoms with Crippen molar-refractivity contribution in [1.82, 2.24) is 15.3 Å². The number of aromatic nitrogens is 2. The Morgan fingerprint density at radius 2 is 1.81 bits per heavy atom. The van der Waals surface area contributed by atoms with E-state index in [-0.39, 0.29) is 24.3 Å². The summed E-state index contributed by atoms with van der Waals surface area (Å²) in [6.07, 6.45) is 10.8. The quantitative estimate of drug-likeness (QED) is 0.359. The summed E-state index contributed by atoms with van der Waals surface area (Å²) in [5.41, 5.74) is 4.37. The van der Waals surface area contributed by atoms with E-state index in [2.05, 4.69) is 15.3 Å². The minimum Gasteiger partial charge on any atom is -0.361 e. The molecule has 0 radical (unpaired) electrons. The third kappa shape index (κ3) is 5.18. The standard InChI is InChI=1S/C30H32N4O2/c1-21-13-15-25(16-14-21)34(28(35)18-23-20-32-27-12-6-5-11-26(23)27)29(22-8-7-17-31-19-22)30(36)33-24-9-3-2-4-10-24/h5-8,11-17,19-20,24,29,32H,2-4,9-10,18H2,1H3,(H,33,36)/t29-/m1/s1. The van der Waals surface area contributed by atoms with Gasteiger partial charge in [0.1, 0.15) is 6.04 Å². The third-order valence-electron chi connectivity index (χ3n) is 7.06. The van der Waals surface area contributed by atoms with Gasteiger partial charge in [-0.25, -0.2) is 0 Å². The van der Waals surface area contributed by atoms with Crippen molar-refractivity contribution in [2.75, 3.05) is 4.90 Å². The van der Waals surface area contributed by atoms with Crippen molar-refractivity contribution in [3.8, 4) is 0 Å². The molecule has 6 nitrogen and oxygen atoms in total. The zero-order valence-corrected chi connectivity index (χ0v) is 20.6. The number of hydrogen-bond acceptors (Lipinski definition) is 3. The lowest BCUT2D eigenvalue weighted by molar-refractivity contribution is -0.127. The summed E-state index contributed by atoms with van der Waals surface area (Å²) in [4.78, 5) is 37.1. The van der Waals surface area contributed by atoms with Gasteiger partial charge in [0, 0.05) is 46.8 Å². The van der Waals surface area contributed by atoms with Gasteiger partial charge in [-0.3, -0.25) is 19.5 Å². The topological polar surface area (TPSA) is 78.1 Å². The molecule has 0 saturated heterocycles. The second-order valence-corrected chi connectivity index (χ2v) is 9.67. The summed E-state index contributed by atoms with van der Waals surface area (Å²) in [6, 6.07) is 18.7. The van der Waals surface area contributed by atoms with Crippen molar-refractivity contribution >= 4 is 28.4 Å². The van der Waals surface area contributed by atoms with E-state index in [4.69, 9.17) is 0 Å². The summed E-state index contributed by atoms with van der Waals surface area (Å²) in [7, 11) is 0. The average Bonchev–Trinajstić information content (AvgIpc) is 3.31. The molecular formula is C30H32N4O2. The molecule has 1 saturated carbocycles. The molecule has 0 spiro atoms. The van der Waals surface area contributed by atoms with E-state index in [1.165, 1.54) is 6.42 Å². The Hall–Kier alpha value is -3.93. The number of H-pyrrole nitrogens is 1. The fourth-order valence-corrected chi connectivity index (χ4v) is 5.15. The maximum atomic E-state index is 14.1. The van der Waals surface area contributed by atoms with E-state index >= 15 is 0 Å². The predicted molar refractivity (Wildman–Crippen MR) is 143 cm³/mol. The van der Waals surface area contributed by atoms with Crippen LogP contribution in [0.15, 0.2) is 79.3 Å². The van der Waals surface area contributed by atoms with E-state index in [0.717, 1.165) is 47.7 Å². The number of nitrogens with zero attached hydrogens (tertiary/aromatic N) is 2. The molecular weight excluding hydrogens is 448 g/mol. The van der Waals surface area contributed by atoms with Crippen molar-refractivity contribution in [3.63, 3.8) is 0 Å². The molecule has 0 aliphatic heterocycles. The molecule has 36 heavy (non-hydrogen) atoms. The minimum atomic E-state index is -0.818. The molecule has 6 heteroatoms. The Balaban J connectivity index is 1.54. The van der Waals surface area contributed by atoms with E-state index in [1.807, 2.05) is 73.8 Å². The maximum Gasteiger partial charge on any atom is 0.248 e. The van der Waals surface area contributed by atoms with Gasteiger partial charge in [0.25, 0.3) is 0 Å². The number of amides is 2. The number of pyridine rings is 1. The lowest BCUT2D eigenvalue weighted by atomic mass is 9.94. The Kier molecular flexibility index (Phi) is 7.12. The fourth-order valence-electron chi connectivity index (χ4n) is 5.15. The molecule has 2 aromatic heterocycles. The molecule has 184 valence electrons. The number of carbonyl (C=O) groups excluding carboxylic acids is 2. The number of aryl methyl sites for hydroxylation is 1. The minimum absolute atomic E-state index is 0.133. The maximum absolute atomic E-state index is 14.1. The summed E-state index contributed by atoms with van der Waals surface area (Å²) < 4.78 is 0. The number of aromatic amines is 1. The lowest BCUT2D eigenvalue weighted by Crippen LogP contribution is -2.47. The summed E-state index contributed by atoms with van der Waals surface area (Å²) in [5.74, 6) is -0.306. The van der Waals surface area contributed by atoms with Gasteiger partial charge in [0.15, 0.2) is 0 Å². The smallest absolute Gasteiger partial charge is 0.248 e. The normalized spacial score (nSPS) is 14.9. The van der Waals surface area contributed by atoms with E-state index < -0.39 is 6.04 Å². The van der Waals surface area contributed by atoms with Gasteiger partial charge in [-0.15, -0.1) is 0 Å². The largest absolute Gasteiger partial charge is 0.361 e. The second-order valence-electron chi connectivity index (χ2n) is 9.67. The first-order valence-corrected chi connectivity index (χ1v) is 12.7. The Morgan fingerprint density at radius 3 is 2.56 bits per heavy atom. The van der Waals surface area contributed by atoms with Gasteiger partial charge in [0.05, 0.1) is 6.42 Å². The highest BCUT2D eigenvalue weighted by Gasteiger charge is 2.34. The molecule has 1 atom stereocenters. The Morgan fingerprint density at radius 1 is 1.03 bits per heavy atom. The molecule has 1 fully saturated rings. The summed E-state index contributed by atoms with van der Waals surface area (Å²) in [5, 5.41) is 4.27. The number of para-hydroxylation sites is 1. The molecule has 0 bridgehead atoms. The SMILES string of the molecule is Cc1ccc(N(C(=O)Cc2c[nH]c3ccccc23)[C@@H](C(=O)NC2CCCCC2)c2cccnc2)cc1. The van der Waals surface area contributed by atoms with Gasteiger partial charge in [-0.1, -0.05) is 61.2 Å². The first kappa shape index (κ1) is 23.8.